The van der Waals surface area contributed by atoms with E-state index in [0.29, 0.717) is 5.69 Å². The van der Waals surface area contributed by atoms with E-state index in [1.165, 1.54) is 7.11 Å². The number of pyridine rings is 1. The molecule has 1 aliphatic heterocycles. The third kappa shape index (κ3) is 2.47. The van der Waals surface area contributed by atoms with Gasteiger partial charge in [0.05, 0.1) is 36.4 Å². The number of hydrogen-bond donors (Lipinski definition) is 0. The molecule has 0 radical (unpaired) electrons. The standard InChI is InChI=1S/C20H14N4O2/c1-3-13-7-8-16-14(10-13)18(15-6-4-5-9-21-15)22-11-17-19(20(25)26-2)23-12-24(16)17/h1,4-10,12H,11H2,2H3. The lowest BCUT2D eigenvalue weighted by Gasteiger charge is -2.11. The van der Waals surface area contributed by atoms with Crippen molar-refractivity contribution in [3.63, 3.8) is 0 Å². The number of terminal acetylenes is 1. The number of ether oxygens (including phenoxy) is 1. The van der Waals surface area contributed by atoms with Gasteiger partial charge in [0.15, 0.2) is 5.69 Å². The summed E-state index contributed by atoms with van der Waals surface area (Å²) in [7, 11) is 1.33. The van der Waals surface area contributed by atoms with Crippen molar-refractivity contribution < 1.29 is 9.53 Å². The van der Waals surface area contributed by atoms with Crippen LogP contribution in [0.5, 0.6) is 0 Å². The molecule has 0 aliphatic carbocycles. The van der Waals surface area contributed by atoms with Crippen molar-refractivity contribution >= 4 is 11.7 Å². The zero-order valence-electron chi connectivity index (χ0n) is 14.0. The molecule has 126 valence electrons. The lowest BCUT2D eigenvalue weighted by Crippen LogP contribution is -2.09. The molecular weight excluding hydrogens is 328 g/mol. The fourth-order valence-electron chi connectivity index (χ4n) is 2.99. The highest BCUT2D eigenvalue weighted by Gasteiger charge is 2.25. The molecule has 3 aromatic rings. The Balaban J connectivity index is 1.98. The minimum atomic E-state index is -0.489. The van der Waals surface area contributed by atoms with Crippen LogP contribution in [0.15, 0.2) is 53.9 Å². The Morgan fingerprint density at radius 3 is 2.88 bits per heavy atom. The highest BCUT2D eigenvalue weighted by Crippen LogP contribution is 2.27. The number of methoxy groups -OCH3 is 1. The third-order valence-electron chi connectivity index (χ3n) is 4.22. The Labute approximate surface area is 150 Å². The lowest BCUT2D eigenvalue weighted by molar-refractivity contribution is 0.0593. The SMILES string of the molecule is C#Cc1ccc2c(c1)C(c1ccccn1)=NCc1c(C(=O)OC)ncn1-2. The van der Waals surface area contributed by atoms with Crippen molar-refractivity contribution in [3.8, 4) is 18.0 Å². The first kappa shape index (κ1) is 15.8. The predicted octanol–water partition coefficient (Wildman–Crippen LogP) is 2.39. The largest absolute Gasteiger partial charge is 0.464 e. The molecule has 1 aliphatic rings. The highest BCUT2D eigenvalue weighted by atomic mass is 16.5. The van der Waals surface area contributed by atoms with Crippen molar-refractivity contribution in [2.45, 2.75) is 6.54 Å². The van der Waals surface area contributed by atoms with Gasteiger partial charge in [0.2, 0.25) is 0 Å². The van der Waals surface area contributed by atoms with E-state index >= 15 is 0 Å². The summed E-state index contributed by atoms with van der Waals surface area (Å²) in [6, 6.07) is 11.3. The number of carbonyl (C=O) groups is 1. The molecular formula is C20H14N4O2. The Hall–Kier alpha value is -3.72. The summed E-state index contributed by atoms with van der Waals surface area (Å²) in [5.74, 6) is 2.16. The number of esters is 1. The summed E-state index contributed by atoms with van der Waals surface area (Å²) >= 11 is 0. The third-order valence-corrected chi connectivity index (χ3v) is 4.22. The fraction of sp³-hybridized carbons (Fsp3) is 0.100. The Kier molecular flexibility index (Phi) is 3.82. The first-order chi connectivity index (χ1) is 12.7. The molecule has 0 N–H and O–H groups in total. The average molecular weight is 342 g/mol. The molecule has 0 unspecified atom stereocenters. The first-order valence-electron chi connectivity index (χ1n) is 7.94. The first-order valence-corrected chi connectivity index (χ1v) is 7.94. The fourth-order valence-corrected chi connectivity index (χ4v) is 2.99. The van der Waals surface area contributed by atoms with Gasteiger partial charge in [-0.25, -0.2) is 9.78 Å². The number of nitrogens with zero attached hydrogens (tertiary/aromatic N) is 4. The molecule has 0 bridgehead atoms. The van der Waals surface area contributed by atoms with Gasteiger partial charge in [0.1, 0.15) is 6.33 Å². The second-order valence-corrected chi connectivity index (χ2v) is 5.66. The molecule has 6 nitrogen and oxygen atoms in total. The van der Waals surface area contributed by atoms with Gasteiger partial charge in [0, 0.05) is 17.3 Å². The van der Waals surface area contributed by atoms with Gasteiger partial charge in [-0.3, -0.25) is 14.5 Å². The molecule has 2 aromatic heterocycles. The van der Waals surface area contributed by atoms with E-state index in [1.54, 1.807) is 12.5 Å². The number of benzene rings is 1. The van der Waals surface area contributed by atoms with E-state index in [-0.39, 0.29) is 12.2 Å². The lowest BCUT2D eigenvalue weighted by atomic mass is 10.0. The maximum Gasteiger partial charge on any atom is 0.358 e. The van der Waals surface area contributed by atoms with E-state index in [9.17, 15) is 4.79 Å². The van der Waals surface area contributed by atoms with Gasteiger partial charge in [-0.1, -0.05) is 12.0 Å². The van der Waals surface area contributed by atoms with Crippen molar-refractivity contribution in [1.29, 1.82) is 0 Å². The van der Waals surface area contributed by atoms with Gasteiger partial charge in [-0.05, 0) is 30.3 Å². The molecule has 3 heterocycles. The molecule has 0 saturated carbocycles. The van der Waals surface area contributed by atoms with E-state index in [1.807, 2.05) is 41.0 Å². The minimum Gasteiger partial charge on any atom is -0.464 e. The second-order valence-electron chi connectivity index (χ2n) is 5.66. The molecule has 1 aromatic carbocycles. The number of carbonyl (C=O) groups excluding carboxylic acids is 1. The maximum atomic E-state index is 12.0. The minimum absolute atomic E-state index is 0.255. The average Bonchev–Trinajstić information content (AvgIpc) is 3.05. The van der Waals surface area contributed by atoms with Crippen LogP contribution in [0.1, 0.15) is 33.0 Å². The quantitative estimate of drug-likeness (QED) is 0.530. The van der Waals surface area contributed by atoms with Crippen LogP contribution in [-0.4, -0.2) is 33.3 Å². The number of imidazole rings is 1. The normalized spacial score (nSPS) is 12.2. The van der Waals surface area contributed by atoms with E-state index in [0.717, 1.165) is 28.2 Å². The number of fused-ring (bicyclic) bond motifs is 3. The molecule has 6 heteroatoms. The van der Waals surface area contributed by atoms with Crippen LogP contribution in [0.2, 0.25) is 0 Å². The molecule has 0 spiro atoms. The molecule has 0 fully saturated rings. The smallest absolute Gasteiger partial charge is 0.358 e. The van der Waals surface area contributed by atoms with Crippen molar-refractivity contribution in [3.05, 3.63) is 77.1 Å². The van der Waals surface area contributed by atoms with E-state index in [4.69, 9.17) is 16.2 Å². The van der Waals surface area contributed by atoms with Crippen molar-refractivity contribution in [2.24, 2.45) is 4.99 Å². The summed E-state index contributed by atoms with van der Waals surface area (Å²) in [4.78, 5) is 25.4. The van der Waals surface area contributed by atoms with E-state index in [2.05, 4.69) is 15.9 Å². The predicted molar refractivity (Wildman–Crippen MR) is 96.4 cm³/mol. The topological polar surface area (TPSA) is 69.4 Å². The highest BCUT2D eigenvalue weighted by molar-refractivity contribution is 6.14. The Morgan fingerprint density at radius 1 is 1.27 bits per heavy atom. The number of hydrogen-bond acceptors (Lipinski definition) is 5. The van der Waals surface area contributed by atoms with Crippen LogP contribution >= 0.6 is 0 Å². The maximum absolute atomic E-state index is 12.0. The monoisotopic (exact) mass is 342 g/mol. The van der Waals surface area contributed by atoms with Gasteiger partial charge in [-0.2, -0.15) is 0 Å². The van der Waals surface area contributed by atoms with Crippen LogP contribution in [0.4, 0.5) is 0 Å². The van der Waals surface area contributed by atoms with Crippen LogP contribution in [-0.2, 0) is 11.3 Å². The molecule has 0 amide bonds. The Bertz CT molecular complexity index is 1070. The van der Waals surface area contributed by atoms with Crippen molar-refractivity contribution in [2.75, 3.05) is 7.11 Å². The van der Waals surface area contributed by atoms with Crippen molar-refractivity contribution in [1.82, 2.24) is 14.5 Å². The zero-order chi connectivity index (χ0) is 18.1. The summed E-state index contributed by atoms with van der Waals surface area (Å²) < 4.78 is 6.68. The Morgan fingerprint density at radius 2 is 2.15 bits per heavy atom. The van der Waals surface area contributed by atoms with Gasteiger partial charge < -0.3 is 4.74 Å². The number of aromatic nitrogens is 3. The molecule has 0 saturated heterocycles. The van der Waals surface area contributed by atoms with Gasteiger partial charge in [-0.15, -0.1) is 6.42 Å². The summed E-state index contributed by atoms with van der Waals surface area (Å²) in [6.07, 6.45) is 8.90. The number of aliphatic imine (C=N–C) groups is 1. The van der Waals surface area contributed by atoms with E-state index < -0.39 is 5.97 Å². The van der Waals surface area contributed by atoms with Crippen LogP contribution in [0.25, 0.3) is 5.69 Å². The van der Waals surface area contributed by atoms with Crippen LogP contribution in [0.3, 0.4) is 0 Å². The summed E-state index contributed by atoms with van der Waals surface area (Å²) in [6.45, 7) is 0.274. The number of rotatable bonds is 2. The summed E-state index contributed by atoms with van der Waals surface area (Å²) in [5, 5.41) is 0. The van der Waals surface area contributed by atoms with Crippen LogP contribution in [0, 0.1) is 12.3 Å². The van der Waals surface area contributed by atoms with Crippen LogP contribution < -0.4 is 0 Å². The van der Waals surface area contributed by atoms with Gasteiger partial charge in [0.25, 0.3) is 0 Å². The molecule has 26 heavy (non-hydrogen) atoms. The zero-order valence-corrected chi connectivity index (χ0v) is 14.0. The summed E-state index contributed by atoms with van der Waals surface area (Å²) in [5.41, 5.74) is 4.79. The molecule has 0 atom stereocenters. The van der Waals surface area contributed by atoms with Gasteiger partial charge >= 0.3 is 5.97 Å². The molecule has 4 rings (SSSR count). The second kappa shape index (κ2) is 6.30.